The van der Waals surface area contributed by atoms with Gasteiger partial charge in [0.25, 0.3) is 5.91 Å². The molecule has 0 aliphatic rings. The Balaban J connectivity index is 1.47. The molecule has 0 radical (unpaired) electrons. The highest BCUT2D eigenvalue weighted by molar-refractivity contribution is 6.30. The average molecular weight is 447 g/mol. The topological polar surface area (TPSA) is 76.0 Å². The number of aromatic nitrogens is 2. The minimum absolute atomic E-state index is 0.105. The molecule has 1 aromatic heterocycles. The third kappa shape index (κ3) is 5.15. The Kier molecular flexibility index (Phi) is 6.52. The standard InChI is InChI=1S/C25H23ClN4O2/c1-17-6-4-7-18(14-17)25(32)27-13-12-23-29-21-10-2-3-11-22(21)30(23)16-24(31)28-20-9-5-8-19(26)15-20/h2-11,14-15H,12-13,16H2,1H3,(H,27,32)(H,28,31). The van der Waals surface area contributed by atoms with E-state index in [9.17, 15) is 9.59 Å². The molecule has 32 heavy (non-hydrogen) atoms. The van der Waals surface area contributed by atoms with Gasteiger partial charge in [0, 0.05) is 29.2 Å². The van der Waals surface area contributed by atoms with Crippen molar-refractivity contribution in [3.05, 3.63) is 94.8 Å². The lowest BCUT2D eigenvalue weighted by molar-refractivity contribution is -0.116. The lowest BCUT2D eigenvalue weighted by atomic mass is 10.1. The van der Waals surface area contributed by atoms with E-state index in [4.69, 9.17) is 11.6 Å². The number of imidazole rings is 1. The quantitative estimate of drug-likeness (QED) is 0.435. The maximum absolute atomic E-state index is 12.7. The third-order valence-corrected chi connectivity index (χ3v) is 5.29. The van der Waals surface area contributed by atoms with E-state index in [0.29, 0.717) is 29.2 Å². The number of carbonyl (C=O) groups is 2. The summed E-state index contributed by atoms with van der Waals surface area (Å²) in [6.07, 6.45) is 0.497. The lowest BCUT2D eigenvalue weighted by Gasteiger charge is -2.11. The summed E-state index contributed by atoms with van der Waals surface area (Å²) in [6.45, 7) is 2.47. The fourth-order valence-corrected chi connectivity index (χ4v) is 3.77. The minimum Gasteiger partial charge on any atom is -0.352 e. The smallest absolute Gasteiger partial charge is 0.251 e. The Hall–Kier alpha value is -3.64. The van der Waals surface area contributed by atoms with Gasteiger partial charge in [0.2, 0.25) is 5.91 Å². The molecule has 2 N–H and O–H groups in total. The number of amides is 2. The monoisotopic (exact) mass is 446 g/mol. The number of fused-ring (bicyclic) bond motifs is 1. The van der Waals surface area contributed by atoms with Gasteiger partial charge in [-0.15, -0.1) is 0 Å². The van der Waals surface area contributed by atoms with Crippen molar-refractivity contribution in [2.75, 3.05) is 11.9 Å². The second kappa shape index (κ2) is 9.66. The number of para-hydroxylation sites is 2. The van der Waals surface area contributed by atoms with Crippen LogP contribution in [-0.4, -0.2) is 27.9 Å². The average Bonchev–Trinajstić information content (AvgIpc) is 3.11. The van der Waals surface area contributed by atoms with Crippen LogP contribution in [0.25, 0.3) is 11.0 Å². The van der Waals surface area contributed by atoms with E-state index in [0.717, 1.165) is 22.4 Å². The number of benzene rings is 3. The van der Waals surface area contributed by atoms with Gasteiger partial charge in [0.05, 0.1) is 11.0 Å². The molecule has 0 atom stereocenters. The number of carbonyl (C=O) groups excluding carboxylic acids is 2. The number of halogens is 1. The number of rotatable bonds is 7. The van der Waals surface area contributed by atoms with Crippen LogP contribution in [0.1, 0.15) is 21.7 Å². The van der Waals surface area contributed by atoms with Gasteiger partial charge in [-0.05, 0) is 49.4 Å². The molecular weight excluding hydrogens is 424 g/mol. The number of nitrogens with one attached hydrogen (secondary N) is 2. The van der Waals surface area contributed by atoms with Gasteiger partial charge in [-0.2, -0.15) is 0 Å². The van der Waals surface area contributed by atoms with Crippen LogP contribution in [0, 0.1) is 6.92 Å². The molecule has 1 heterocycles. The first-order valence-electron chi connectivity index (χ1n) is 10.3. The van der Waals surface area contributed by atoms with Crippen molar-refractivity contribution in [3.63, 3.8) is 0 Å². The van der Waals surface area contributed by atoms with Gasteiger partial charge in [-0.25, -0.2) is 4.98 Å². The van der Waals surface area contributed by atoms with Gasteiger partial charge in [0.1, 0.15) is 12.4 Å². The fourth-order valence-electron chi connectivity index (χ4n) is 3.58. The molecule has 7 heteroatoms. The Morgan fingerprint density at radius 2 is 1.81 bits per heavy atom. The molecule has 6 nitrogen and oxygen atoms in total. The third-order valence-electron chi connectivity index (χ3n) is 5.06. The van der Waals surface area contributed by atoms with Gasteiger partial charge in [-0.1, -0.05) is 47.5 Å². The highest BCUT2D eigenvalue weighted by atomic mass is 35.5. The normalized spacial score (nSPS) is 10.8. The van der Waals surface area contributed by atoms with Crippen LogP contribution >= 0.6 is 11.6 Å². The van der Waals surface area contributed by atoms with Gasteiger partial charge in [0.15, 0.2) is 0 Å². The van der Waals surface area contributed by atoms with Crippen LogP contribution in [0.2, 0.25) is 5.02 Å². The summed E-state index contributed by atoms with van der Waals surface area (Å²) in [5.41, 5.74) is 3.97. The van der Waals surface area contributed by atoms with Crippen molar-refractivity contribution in [2.45, 2.75) is 19.9 Å². The summed E-state index contributed by atoms with van der Waals surface area (Å²) in [5.74, 6) is 0.424. The number of hydrogen-bond donors (Lipinski definition) is 2. The number of anilines is 1. The van der Waals surface area contributed by atoms with Gasteiger partial charge >= 0.3 is 0 Å². The predicted octanol–water partition coefficient (Wildman–Crippen LogP) is 4.61. The zero-order valence-electron chi connectivity index (χ0n) is 17.6. The first-order chi connectivity index (χ1) is 15.5. The summed E-state index contributed by atoms with van der Waals surface area (Å²) in [7, 11) is 0. The Labute approximate surface area is 191 Å². The molecule has 0 saturated heterocycles. The SMILES string of the molecule is Cc1cccc(C(=O)NCCc2nc3ccccc3n2CC(=O)Nc2cccc(Cl)c2)c1. The molecule has 162 valence electrons. The second-order valence-electron chi connectivity index (χ2n) is 7.54. The van der Waals surface area contributed by atoms with E-state index in [-0.39, 0.29) is 18.4 Å². The van der Waals surface area contributed by atoms with Crippen LogP contribution < -0.4 is 10.6 Å². The maximum atomic E-state index is 12.7. The first-order valence-corrected chi connectivity index (χ1v) is 10.7. The zero-order chi connectivity index (χ0) is 22.5. The highest BCUT2D eigenvalue weighted by Gasteiger charge is 2.14. The Morgan fingerprint density at radius 1 is 1.00 bits per heavy atom. The Bertz CT molecular complexity index is 1280. The molecule has 0 unspecified atom stereocenters. The van der Waals surface area contributed by atoms with Crippen LogP contribution in [0.4, 0.5) is 5.69 Å². The summed E-state index contributed by atoms with van der Waals surface area (Å²) in [6, 6.07) is 22.2. The van der Waals surface area contributed by atoms with Crippen LogP contribution in [0.3, 0.4) is 0 Å². The van der Waals surface area contributed by atoms with E-state index in [1.807, 2.05) is 54.0 Å². The van der Waals surface area contributed by atoms with Crippen molar-refractivity contribution in [3.8, 4) is 0 Å². The van der Waals surface area contributed by atoms with Crippen LogP contribution in [0.5, 0.6) is 0 Å². The van der Waals surface area contributed by atoms with E-state index >= 15 is 0 Å². The molecule has 0 saturated carbocycles. The first kappa shape index (κ1) is 21.6. The fraction of sp³-hybridized carbons (Fsp3) is 0.160. The van der Waals surface area contributed by atoms with E-state index < -0.39 is 0 Å². The molecule has 3 aromatic carbocycles. The molecule has 4 aromatic rings. The number of hydrogen-bond acceptors (Lipinski definition) is 3. The number of aryl methyl sites for hydroxylation is 1. The largest absolute Gasteiger partial charge is 0.352 e. The molecule has 0 spiro atoms. The molecule has 4 rings (SSSR count). The van der Waals surface area contributed by atoms with Crippen molar-refractivity contribution in [2.24, 2.45) is 0 Å². The van der Waals surface area contributed by atoms with Gasteiger partial charge < -0.3 is 15.2 Å². The summed E-state index contributed by atoms with van der Waals surface area (Å²) >= 11 is 6.01. The molecule has 0 aliphatic carbocycles. The molecule has 2 amide bonds. The van der Waals surface area contributed by atoms with Crippen LogP contribution in [-0.2, 0) is 17.8 Å². The van der Waals surface area contributed by atoms with E-state index in [2.05, 4.69) is 15.6 Å². The minimum atomic E-state index is -0.180. The second-order valence-corrected chi connectivity index (χ2v) is 7.97. The van der Waals surface area contributed by atoms with Crippen molar-refractivity contribution < 1.29 is 9.59 Å². The van der Waals surface area contributed by atoms with Crippen molar-refractivity contribution in [1.82, 2.24) is 14.9 Å². The zero-order valence-corrected chi connectivity index (χ0v) is 18.4. The summed E-state index contributed by atoms with van der Waals surface area (Å²) in [4.78, 5) is 29.8. The lowest BCUT2D eigenvalue weighted by Crippen LogP contribution is -2.27. The maximum Gasteiger partial charge on any atom is 0.251 e. The molecule has 0 fully saturated rings. The van der Waals surface area contributed by atoms with Gasteiger partial charge in [-0.3, -0.25) is 9.59 Å². The van der Waals surface area contributed by atoms with Crippen molar-refractivity contribution >= 4 is 40.1 Å². The highest BCUT2D eigenvalue weighted by Crippen LogP contribution is 2.18. The number of nitrogens with zero attached hydrogens (tertiary/aromatic N) is 2. The summed E-state index contributed by atoms with van der Waals surface area (Å²) in [5, 5.41) is 6.37. The molecule has 0 bridgehead atoms. The predicted molar refractivity (Wildman–Crippen MR) is 127 cm³/mol. The van der Waals surface area contributed by atoms with Crippen molar-refractivity contribution in [1.29, 1.82) is 0 Å². The van der Waals surface area contributed by atoms with E-state index in [1.165, 1.54) is 0 Å². The molecular formula is C25H23ClN4O2. The van der Waals surface area contributed by atoms with E-state index in [1.54, 1.807) is 30.3 Å². The molecule has 0 aliphatic heterocycles. The Morgan fingerprint density at radius 3 is 2.62 bits per heavy atom. The summed E-state index contributed by atoms with van der Waals surface area (Å²) < 4.78 is 1.88. The van der Waals surface area contributed by atoms with Crippen LogP contribution in [0.15, 0.2) is 72.8 Å².